The van der Waals surface area contributed by atoms with E-state index in [0.717, 1.165) is 23.7 Å². The third kappa shape index (κ3) is 3.59. The quantitative estimate of drug-likeness (QED) is 0.718. The summed E-state index contributed by atoms with van der Waals surface area (Å²) in [5.41, 5.74) is 1.78. The van der Waals surface area contributed by atoms with Gasteiger partial charge in [-0.25, -0.2) is 13.4 Å². The molecule has 0 radical (unpaired) electrons. The van der Waals surface area contributed by atoms with Crippen molar-refractivity contribution in [1.82, 2.24) is 9.55 Å². The molecular weight excluding hydrogens is 374 g/mol. The van der Waals surface area contributed by atoms with Crippen LogP contribution in [-0.4, -0.2) is 30.1 Å². The minimum Gasteiger partial charge on any atom is -0.310 e. The molecule has 2 aromatic carbocycles. The summed E-state index contributed by atoms with van der Waals surface area (Å²) < 4.78 is 25.4. The van der Waals surface area contributed by atoms with Crippen LogP contribution in [0.2, 0.25) is 5.02 Å². The van der Waals surface area contributed by atoms with Gasteiger partial charge < -0.3 is 4.57 Å². The molecule has 0 aliphatic heterocycles. The molecule has 1 amide bonds. The summed E-state index contributed by atoms with van der Waals surface area (Å²) >= 11 is 6.10. The zero-order valence-corrected chi connectivity index (χ0v) is 15.9. The lowest BCUT2D eigenvalue weighted by molar-refractivity contribution is 0.102. The number of rotatable bonds is 5. The monoisotopic (exact) mass is 391 g/mol. The molecule has 1 N–H and O–H groups in total. The van der Waals surface area contributed by atoms with E-state index in [1.165, 1.54) is 18.2 Å². The van der Waals surface area contributed by atoms with Crippen molar-refractivity contribution in [3.63, 3.8) is 0 Å². The van der Waals surface area contributed by atoms with Crippen LogP contribution < -0.4 is 5.32 Å². The highest BCUT2D eigenvalue weighted by Crippen LogP contribution is 2.24. The number of halogens is 1. The van der Waals surface area contributed by atoms with Gasteiger partial charge in [0.2, 0.25) is 5.95 Å². The molecule has 3 aromatic rings. The number of hydrogen-bond acceptors (Lipinski definition) is 4. The van der Waals surface area contributed by atoms with E-state index in [0.29, 0.717) is 12.5 Å². The van der Waals surface area contributed by atoms with E-state index in [4.69, 9.17) is 11.6 Å². The molecule has 0 aliphatic rings. The number of imidazole rings is 1. The van der Waals surface area contributed by atoms with E-state index < -0.39 is 15.7 Å². The largest absolute Gasteiger partial charge is 0.310 e. The van der Waals surface area contributed by atoms with Crippen LogP contribution in [0.5, 0.6) is 0 Å². The summed E-state index contributed by atoms with van der Waals surface area (Å²) in [6.07, 6.45) is 1.95. The van der Waals surface area contributed by atoms with Crippen LogP contribution >= 0.6 is 11.6 Å². The number of carbonyl (C=O) groups is 1. The topological polar surface area (TPSA) is 81.1 Å². The maximum Gasteiger partial charge on any atom is 0.259 e. The van der Waals surface area contributed by atoms with E-state index >= 15 is 0 Å². The van der Waals surface area contributed by atoms with Crippen LogP contribution in [0.15, 0.2) is 47.4 Å². The fourth-order valence-electron chi connectivity index (χ4n) is 2.70. The lowest BCUT2D eigenvalue weighted by Gasteiger charge is -2.10. The summed E-state index contributed by atoms with van der Waals surface area (Å²) in [7, 11) is -3.45. The summed E-state index contributed by atoms with van der Waals surface area (Å²) in [6, 6.07) is 11.7. The molecule has 0 spiro atoms. The Hall–Kier alpha value is -2.38. The fourth-order valence-corrected chi connectivity index (χ4v) is 3.55. The van der Waals surface area contributed by atoms with Gasteiger partial charge in [0.25, 0.3) is 5.91 Å². The normalized spacial score (nSPS) is 11.7. The number of nitrogens with one attached hydrogen (secondary N) is 1. The molecule has 6 nitrogen and oxygen atoms in total. The Bertz CT molecular complexity index is 1090. The van der Waals surface area contributed by atoms with Crippen molar-refractivity contribution in [2.75, 3.05) is 11.6 Å². The molecular formula is C18H18ClN3O3S. The summed E-state index contributed by atoms with van der Waals surface area (Å²) in [5.74, 6) is -0.105. The smallest absolute Gasteiger partial charge is 0.259 e. The van der Waals surface area contributed by atoms with E-state index in [9.17, 15) is 13.2 Å². The third-order valence-corrected chi connectivity index (χ3v) is 5.38. The molecule has 26 heavy (non-hydrogen) atoms. The average molecular weight is 392 g/mol. The van der Waals surface area contributed by atoms with Gasteiger partial charge in [-0.15, -0.1) is 0 Å². The summed E-state index contributed by atoms with van der Waals surface area (Å²) in [5, 5.41) is 2.93. The average Bonchev–Trinajstić information content (AvgIpc) is 2.92. The van der Waals surface area contributed by atoms with Gasteiger partial charge in [0.15, 0.2) is 9.84 Å². The van der Waals surface area contributed by atoms with Gasteiger partial charge >= 0.3 is 0 Å². The molecule has 0 fully saturated rings. The second-order valence-electron chi connectivity index (χ2n) is 5.94. The van der Waals surface area contributed by atoms with Crippen LogP contribution in [0, 0.1) is 0 Å². The highest BCUT2D eigenvalue weighted by Gasteiger charge is 2.18. The van der Waals surface area contributed by atoms with Crippen LogP contribution in [-0.2, 0) is 16.4 Å². The lowest BCUT2D eigenvalue weighted by Crippen LogP contribution is -2.17. The van der Waals surface area contributed by atoms with Gasteiger partial charge in [-0.3, -0.25) is 10.1 Å². The number of anilines is 1. The van der Waals surface area contributed by atoms with Crippen molar-refractivity contribution >= 4 is 44.3 Å². The van der Waals surface area contributed by atoms with Crippen LogP contribution in [0.3, 0.4) is 0 Å². The maximum atomic E-state index is 12.7. The van der Waals surface area contributed by atoms with Crippen LogP contribution in [0.25, 0.3) is 11.0 Å². The summed E-state index contributed by atoms with van der Waals surface area (Å²) in [6.45, 7) is 2.72. The maximum absolute atomic E-state index is 12.7. The number of carbonyl (C=O) groups excluding carboxylic acids is 1. The number of hydrogen-bond donors (Lipinski definition) is 1. The molecule has 0 saturated carbocycles. The van der Waals surface area contributed by atoms with Crippen molar-refractivity contribution in [1.29, 1.82) is 0 Å². The highest BCUT2D eigenvalue weighted by atomic mass is 35.5. The number of fused-ring (bicyclic) bond motifs is 1. The Morgan fingerprint density at radius 3 is 2.65 bits per heavy atom. The number of benzene rings is 2. The molecule has 0 aliphatic carbocycles. The molecule has 3 rings (SSSR count). The third-order valence-electron chi connectivity index (χ3n) is 3.94. The molecule has 0 atom stereocenters. The minimum absolute atomic E-state index is 0.0362. The number of sulfone groups is 1. The molecule has 136 valence electrons. The Morgan fingerprint density at radius 2 is 1.96 bits per heavy atom. The van der Waals surface area contributed by atoms with E-state index in [1.54, 1.807) is 0 Å². The zero-order valence-electron chi connectivity index (χ0n) is 14.4. The SMILES string of the molecule is CCCn1c(NC(=O)c2cc(S(C)(=O)=O)ccc2Cl)nc2ccccc21. The Labute approximate surface area is 156 Å². The van der Waals surface area contributed by atoms with Crippen LogP contribution in [0.4, 0.5) is 5.95 Å². The zero-order chi connectivity index (χ0) is 18.9. The number of aromatic nitrogens is 2. The fraction of sp³-hybridized carbons (Fsp3) is 0.222. The van der Waals surface area contributed by atoms with Gasteiger partial charge in [0.05, 0.1) is 26.5 Å². The molecule has 0 saturated heterocycles. The predicted molar refractivity (Wildman–Crippen MR) is 103 cm³/mol. The molecule has 8 heteroatoms. The van der Waals surface area contributed by atoms with Gasteiger partial charge in [-0.2, -0.15) is 0 Å². The standard InChI is InChI=1S/C18H18ClN3O3S/c1-3-10-22-16-7-5-4-6-15(16)20-18(22)21-17(23)13-11-12(26(2,24)25)8-9-14(13)19/h4-9,11H,3,10H2,1-2H3,(H,20,21,23). The predicted octanol–water partition coefficient (Wildman–Crippen LogP) is 3.76. The van der Waals surface area contributed by atoms with Crippen LogP contribution in [0.1, 0.15) is 23.7 Å². The van der Waals surface area contributed by atoms with Crippen molar-refractivity contribution in [2.24, 2.45) is 0 Å². The van der Waals surface area contributed by atoms with E-state index in [1.807, 2.05) is 35.8 Å². The molecule has 1 heterocycles. The van der Waals surface area contributed by atoms with E-state index in [2.05, 4.69) is 10.3 Å². The highest BCUT2D eigenvalue weighted by molar-refractivity contribution is 7.90. The first-order valence-corrected chi connectivity index (χ1v) is 10.3. The first kappa shape index (κ1) is 18.4. The number of amides is 1. The first-order valence-electron chi connectivity index (χ1n) is 8.07. The van der Waals surface area contributed by atoms with Crippen molar-refractivity contribution in [3.05, 3.63) is 53.1 Å². The molecule has 0 unspecified atom stereocenters. The minimum atomic E-state index is -3.45. The van der Waals surface area contributed by atoms with Crippen molar-refractivity contribution in [2.45, 2.75) is 24.8 Å². The van der Waals surface area contributed by atoms with E-state index in [-0.39, 0.29) is 15.5 Å². The molecule has 1 aromatic heterocycles. The Morgan fingerprint density at radius 1 is 1.23 bits per heavy atom. The Kier molecular flexibility index (Phi) is 5.02. The van der Waals surface area contributed by atoms with Gasteiger partial charge in [0.1, 0.15) is 0 Å². The Balaban J connectivity index is 2.01. The van der Waals surface area contributed by atoms with Gasteiger partial charge in [0, 0.05) is 12.8 Å². The van der Waals surface area contributed by atoms with Crippen molar-refractivity contribution in [3.8, 4) is 0 Å². The lowest BCUT2D eigenvalue weighted by atomic mass is 10.2. The second kappa shape index (κ2) is 7.09. The van der Waals surface area contributed by atoms with Gasteiger partial charge in [-0.05, 0) is 36.8 Å². The molecule has 0 bridgehead atoms. The second-order valence-corrected chi connectivity index (χ2v) is 8.37. The summed E-state index contributed by atoms with van der Waals surface area (Å²) in [4.78, 5) is 17.2. The van der Waals surface area contributed by atoms with Gasteiger partial charge in [-0.1, -0.05) is 30.7 Å². The number of aryl methyl sites for hydroxylation is 1. The number of para-hydroxylation sites is 2. The first-order chi connectivity index (χ1) is 12.3. The number of nitrogens with zero attached hydrogens (tertiary/aromatic N) is 2. The van der Waals surface area contributed by atoms with Crippen molar-refractivity contribution < 1.29 is 13.2 Å².